The van der Waals surface area contributed by atoms with Gasteiger partial charge in [-0.3, -0.25) is 4.79 Å². The van der Waals surface area contributed by atoms with E-state index in [9.17, 15) is 4.79 Å². The molecule has 22 heavy (non-hydrogen) atoms. The van der Waals surface area contributed by atoms with E-state index in [2.05, 4.69) is 15.5 Å². The fraction of sp³-hybridized carbons (Fsp3) is 0.308. The predicted octanol–water partition coefficient (Wildman–Crippen LogP) is 2.26. The van der Waals surface area contributed by atoms with Gasteiger partial charge in [-0.05, 0) is 19.1 Å². The minimum Gasteiger partial charge on any atom is -0.497 e. The third kappa shape index (κ3) is 4.01. The highest BCUT2D eigenvalue weighted by Gasteiger charge is 2.18. The van der Waals surface area contributed by atoms with Crippen LogP contribution in [0.3, 0.4) is 0 Å². The molecular weight excluding hydrogens is 324 g/mol. The standard InChI is InChI=1S/C13H16N4O3S2/c1-7(21-13-17-16-12(14)22-13)11(18)15-9-5-4-8(19-2)6-10(9)20-3/h4-7H,1-3H3,(H2,14,16)(H,15,18). The number of carbonyl (C=O) groups excluding carboxylic acids is 1. The Balaban J connectivity index is 2.04. The first-order valence-electron chi connectivity index (χ1n) is 6.32. The second-order valence-electron chi connectivity index (χ2n) is 4.22. The van der Waals surface area contributed by atoms with Gasteiger partial charge in [-0.2, -0.15) is 0 Å². The molecule has 7 nitrogen and oxygen atoms in total. The molecule has 118 valence electrons. The van der Waals surface area contributed by atoms with E-state index in [1.807, 2.05) is 0 Å². The predicted molar refractivity (Wildman–Crippen MR) is 87.8 cm³/mol. The van der Waals surface area contributed by atoms with Gasteiger partial charge in [0, 0.05) is 6.07 Å². The summed E-state index contributed by atoms with van der Waals surface area (Å²) in [7, 11) is 3.10. The summed E-state index contributed by atoms with van der Waals surface area (Å²) in [6.07, 6.45) is 0. The van der Waals surface area contributed by atoms with Gasteiger partial charge < -0.3 is 20.5 Å². The smallest absolute Gasteiger partial charge is 0.237 e. The zero-order chi connectivity index (χ0) is 16.1. The molecule has 1 amide bonds. The van der Waals surface area contributed by atoms with Gasteiger partial charge in [0.05, 0.1) is 25.2 Å². The van der Waals surface area contributed by atoms with E-state index >= 15 is 0 Å². The number of nitrogens with two attached hydrogens (primary N) is 1. The molecule has 1 heterocycles. The summed E-state index contributed by atoms with van der Waals surface area (Å²) >= 11 is 2.55. The summed E-state index contributed by atoms with van der Waals surface area (Å²) in [4.78, 5) is 12.3. The summed E-state index contributed by atoms with van der Waals surface area (Å²) < 4.78 is 11.0. The number of benzene rings is 1. The third-order valence-corrected chi connectivity index (χ3v) is 4.67. The topological polar surface area (TPSA) is 99.4 Å². The van der Waals surface area contributed by atoms with Gasteiger partial charge in [-0.25, -0.2) is 0 Å². The Labute approximate surface area is 136 Å². The van der Waals surface area contributed by atoms with Gasteiger partial charge in [-0.15, -0.1) is 10.2 Å². The van der Waals surface area contributed by atoms with Crippen LogP contribution in [0, 0.1) is 0 Å². The molecule has 1 aromatic carbocycles. The van der Waals surface area contributed by atoms with Crippen molar-refractivity contribution in [1.82, 2.24) is 10.2 Å². The molecule has 1 atom stereocenters. The van der Waals surface area contributed by atoms with Crippen LogP contribution in [0.4, 0.5) is 10.8 Å². The number of carbonyl (C=O) groups is 1. The van der Waals surface area contributed by atoms with Crippen LogP contribution in [0.15, 0.2) is 22.5 Å². The quantitative estimate of drug-likeness (QED) is 0.778. The molecule has 1 aromatic heterocycles. The zero-order valence-electron chi connectivity index (χ0n) is 12.3. The molecule has 0 saturated heterocycles. The Morgan fingerprint density at radius 1 is 1.36 bits per heavy atom. The number of nitrogen functional groups attached to an aromatic ring is 1. The van der Waals surface area contributed by atoms with Gasteiger partial charge in [0.25, 0.3) is 0 Å². The van der Waals surface area contributed by atoms with Crippen LogP contribution in [-0.2, 0) is 4.79 Å². The summed E-state index contributed by atoms with van der Waals surface area (Å²) in [5.41, 5.74) is 6.10. The average molecular weight is 340 g/mol. The molecule has 0 saturated carbocycles. The van der Waals surface area contributed by atoms with Crippen molar-refractivity contribution in [1.29, 1.82) is 0 Å². The van der Waals surface area contributed by atoms with Gasteiger partial charge in [0.1, 0.15) is 11.5 Å². The number of aromatic nitrogens is 2. The number of hydrogen-bond donors (Lipinski definition) is 2. The molecule has 0 aliphatic carbocycles. The highest BCUT2D eigenvalue weighted by molar-refractivity contribution is 8.02. The Bertz CT molecular complexity index is 662. The number of methoxy groups -OCH3 is 2. The normalized spacial score (nSPS) is 11.8. The van der Waals surface area contributed by atoms with Crippen LogP contribution in [0.5, 0.6) is 11.5 Å². The molecule has 0 aliphatic heterocycles. The summed E-state index contributed by atoms with van der Waals surface area (Å²) in [6.45, 7) is 1.79. The van der Waals surface area contributed by atoms with Crippen molar-refractivity contribution >= 4 is 39.8 Å². The molecule has 2 aromatic rings. The van der Waals surface area contributed by atoms with Crippen molar-refractivity contribution in [2.45, 2.75) is 16.5 Å². The highest BCUT2D eigenvalue weighted by Crippen LogP contribution is 2.31. The fourth-order valence-electron chi connectivity index (χ4n) is 1.61. The minimum atomic E-state index is -0.348. The van der Waals surface area contributed by atoms with Gasteiger partial charge in [0.2, 0.25) is 11.0 Å². The minimum absolute atomic E-state index is 0.165. The van der Waals surface area contributed by atoms with E-state index in [0.29, 0.717) is 26.7 Å². The Hall–Kier alpha value is -2.00. The van der Waals surface area contributed by atoms with E-state index < -0.39 is 0 Å². The van der Waals surface area contributed by atoms with Crippen LogP contribution in [0.25, 0.3) is 0 Å². The molecule has 0 spiro atoms. The van der Waals surface area contributed by atoms with Crippen molar-refractivity contribution in [2.24, 2.45) is 0 Å². The zero-order valence-corrected chi connectivity index (χ0v) is 14.0. The van der Waals surface area contributed by atoms with Crippen molar-refractivity contribution in [2.75, 3.05) is 25.3 Å². The second-order valence-corrected chi connectivity index (χ2v) is 6.82. The lowest BCUT2D eigenvalue weighted by Crippen LogP contribution is -2.22. The molecule has 0 aliphatic rings. The van der Waals surface area contributed by atoms with Gasteiger partial charge in [0.15, 0.2) is 4.34 Å². The number of nitrogens with zero attached hydrogens (tertiary/aromatic N) is 2. The van der Waals surface area contributed by atoms with Crippen molar-refractivity contribution in [3.8, 4) is 11.5 Å². The Morgan fingerprint density at radius 3 is 2.73 bits per heavy atom. The summed E-state index contributed by atoms with van der Waals surface area (Å²) in [5, 5.41) is 10.5. The molecule has 1 unspecified atom stereocenters. The lowest BCUT2D eigenvalue weighted by Gasteiger charge is -2.14. The van der Waals surface area contributed by atoms with E-state index in [1.165, 1.54) is 30.2 Å². The molecule has 0 bridgehead atoms. The van der Waals surface area contributed by atoms with E-state index in [0.717, 1.165) is 0 Å². The van der Waals surface area contributed by atoms with Crippen LogP contribution >= 0.6 is 23.1 Å². The lowest BCUT2D eigenvalue weighted by molar-refractivity contribution is -0.115. The summed E-state index contributed by atoms with van der Waals surface area (Å²) in [6, 6.07) is 5.19. The van der Waals surface area contributed by atoms with Crippen LogP contribution in [0.2, 0.25) is 0 Å². The number of anilines is 2. The lowest BCUT2D eigenvalue weighted by atomic mass is 10.2. The van der Waals surface area contributed by atoms with Crippen molar-refractivity contribution in [3.63, 3.8) is 0 Å². The number of hydrogen-bond acceptors (Lipinski definition) is 8. The average Bonchev–Trinajstić information content (AvgIpc) is 2.92. The van der Waals surface area contributed by atoms with Gasteiger partial charge >= 0.3 is 0 Å². The number of ether oxygens (including phenoxy) is 2. The molecule has 9 heteroatoms. The molecule has 3 N–H and O–H groups in total. The number of nitrogens with one attached hydrogen (secondary N) is 1. The number of amides is 1. The number of rotatable bonds is 6. The fourth-order valence-corrected chi connectivity index (χ4v) is 3.39. The van der Waals surface area contributed by atoms with E-state index in [1.54, 1.807) is 32.2 Å². The van der Waals surface area contributed by atoms with Crippen LogP contribution in [0.1, 0.15) is 6.92 Å². The van der Waals surface area contributed by atoms with Crippen LogP contribution in [-0.4, -0.2) is 35.6 Å². The van der Waals surface area contributed by atoms with Gasteiger partial charge in [-0.1, -0.05) is 23.1 Å². The molecule has 2 rings (SSSR count). The first-order chi connectivity index (χ1) is 10.5. The maximum absolute atomic E-state index is 12.3. The molecule has 0 radical (unpaired) electrons. The number of thioether (sulfide) groups is 1. The first-order valence-corrected chi connectivity index (χ1v) is 8.01. The Kier molecular flexibility index (Phi) is 5.45. The Morgan fingerprint density at radius 2 is 2.14 bits per heavy atom. The largest absolute Gasteiger partial charge is 0.497 e. The third-order valence-electron chi connectivity index (χ3n) is 2.74. The van der Waals surface area contributed by atoms with Crippen molar-refractivity contribution in [3.05, 3.63) is 18.2 Å². The summed E-state index contributed by atoms with van der Waals surface area (Å²) in [5.74, 6) is 1.02. The van der Waals surface area contributed by atoms with Crippen molar-refractivity contribution < 1.29 is 14.3 Å². The first kappa shape index (κ1) is 16.4. The monoisotopic (exact) mass is 340 g/mol. The van der Waals surface area contributed by atoms with E-state index in [4.69, 9.17) is 15.2 Å². The molecule has 0 fully saturated rings. The maximum Gasteiger partial charge on any atom is 0.237 e. The SMILES string of the molecule is COc1ccc(NC(=O)C(C)Sc2nnc(N)s2)c(OC)c1. The highest BCUT2D eigenvalue weighted by atomic mass is 32.2. The molecular formula is C13H16N4O3S2. The maximum atomic E-state index is 12.3. The second kappa shape index (κ2) is 7.32. The van der Waals surface area contributed by atoms with E-state index in [-0.39, 0.29) is 11.2 Å². The van der Waals surface area contributed by atoms with Crippen LogP contribution < -0.4 is 20.5 Å².